The maximum atomic E-state index is 13.0. The molecule has 0 amide bonds. The summed E-state index contributed by atoms with van der Waals surface area (Å²) in [6.07, 6.45) is 2.68. The van der Waals surface area contributed by atoms with Crippen molar-refractivity contribution in [1.82, 2.24) is 0 Å². The number of hydrogen-bond acceptors (Lipinski definition) is 5. The Bertz CT molecular complexity index is 1360. The number of ether oxygens (including phenoxy) is 2. The quantitative estimate of drug-likeness (QED) is 0.244. The maximum absolute atomic E-state index is 13.0. The summed E-state index contributed by atoms with van der Waals surface area (Å²) in [4.78, 5) is 15.2. The minimum Gasteiger partial charge on any atom is -0.494 e. The zero-order chi connectivity index (χ0) is 23.5. The molecule has 3 aromatic carbocycles. The molecule has 4 aromatic rings. The van der Waals surface area contributed by atoms with Gasteiger partial charge in [0.2, 0.25) is 0 Å². The number of unbranched alkanes of at least 4 members (excludes halogenated alkanes) is 1. The third-order valence-corrected chi connectivity index (χ3v) is 6.41. The van der Waals surface area contributed by atoms with Gasteiger partial charge in [-0.15, -0.1) is 0 Å². The van der Waals surface area contributed by atoms with E-state index in [9.17, 15) is 4.79 Å². The van der Waals surface area contributed by atoms with Crippen LogP contribution in [0, 0.1) is 6.92 Å². The standard InChI is InChI=1S/C29H29NO4/c1-3-4-15-32-23-12-8-11-22(17-23)30-18-26-27(33-19-30)14-13-24-20(2)25(29(31)34-28(24)26)16-21-9-6-5-7-10-21/h5-14,17H,3-4,15-16,18-19H2,1-2H3. The number of hydrogen-bond donors (Lipinski definition) is 0. The second-order valence-electron chi connectivity index (χ2n) is 8.75. The van der Waals surface area contributed by atoms with Crippen molar-refractivity contribution in [2.75, 3.05) is 18.2 Å². The zero-order valence-corrected chi connectivity index (χ0v) is 19.7. The summed E-state index contributed by atoms with van der Waals surface area (Å²) in [5, 5.41) is 0.950. The lowest BCUT2D eigenvalue weighted by Crippen LogP contribution is -2.32. The normalized spacial score (nSPS) is 12.9. The van der Waals surface area contributed by atoms with E-state index in [0.29, 0.717) is 37.4 Å². The molecule has 1 aromatic heterocycles. The highest BCUT2D eigenvalue weighted by molar-refractivity contribution is 5.86. The minimum atomic E-state index is -0.286. The fourth-order valence-corrected chi connectivity index (χ4v) is 4.44. The molecule has 1 aliphatic rings. The highest BCUT2D eigenvalue weighted by Gasteiger charge is 2.24. The molecule has 0 unspecified atom stereocenters. The van der Waals surface area contributed by atoms with E-state index in [1.54, 1.807) is 0 Å². The van der Waals surface area contributed by atoms with Crippen LogP contribution in [0.4, 0.5) is 5.69 Å². The van der Waals surface area contributed by atoms with Gasteiger partial charge in [0.15, 0.2) is 6.73 Å². The van der Waals surface area contributed by atoms with Gasteiger partial charge >= 0.3 is 5.63 Å². The van der Waals surface area contributed by atoms with Crippen LogP contribution in [-0.4, -0.2) is 13.3 Å². The molecule has 0 radical (unpaired) electrons. The smallest absolute Gasteiger partial charge is 0.340 e. The molecular weight excluding hydrogens is 426 g/mol. The van der Waals surface area contributed by atoms with Crippen LogP contribution in [0.15, 0.2) is 75.9 Å². The van der Waals surface area contributed by atoms with Crippen LogP contribution in [0.3, 0.4) is 0 Å². The van der Waals surface area contributed by atoms with E-state index in [1.165, 1.54) is 0 Å². The number of aryl methyl sites for hydroxylation is 1. The van der Waals surface area contributed by atoms with E-state index in [4.69, 9.17) is 13.9 Å². The van der Waals surface area contributed by atoms with Crippen molar-refractivity contribution in [2.45, 2.75) is 39.7 Å². The molecule has 0 saturated carbocycles. The summed E-state index contributed by atoms with van der Waals surface area (Å²) >= 11 is 0. The first kappa shape index (κ1) is 22.1. The van der Waals surface area contributed by atoms with Crippen molar-refractivity contribution in [3.05, 3.63) is 99.4 Å². The van der Waals surface area contributed by atoms with E-state index < -0.39 is 0 Å². The fourth-order valence-electron chi connectivity index (χ4n) is 4.44. The molecule has 0 saturated heterocycles. The zero-order valence-electron chi connectivity index (χ0n) is 19.7. The molecule has 2 heterocycles. The number of benzene rings is 3. The molecule has 5 heteroatoms. The Hall–Kier alpha value is -3.73. The van der Waals surface area contributed by atoms with Gasteiger partial charge in [0.25, 0.3) is 0 Å². The molecule has 1 aliphatic heterocycles. The molecule has 174 valence electrons. The highest BCUT2D eigenvalue weighted by Crippen LogP contribution is 2.36. The van der Waals surface area contributed by atoms with Crippen LogP contribution in [0.25, 0.3) is 11.0 Å². The maximum Gasteiger partial charge on any atom is 0.340 e. The minimum absolute atomic E-state index is 0.286. The molecule has 34 heavy (non-hydrogen) atoms. The number of rotatable bonds is 7. The van der Waals surface area contributed by atoms with Gasteiger partial charge in [-0.05, 0) is 48.7 Å². The Kier molecular flexibility index (Phi) is 6.26. The number of nitrogens with zero attached hydrogens (tertiary/aromatic N) is 1. The Balaban J connectivity index is 1.47. The molecular formula is C29H29NO4. The number of fused-ring (bicyclic) bond motifs is 3. The van der Waals surface area contributed by atoms with Crippen LogP contribution in [0.2, 0.25) is 0 Å². The van der Waals surface area contributed by atoms with Crippen molar-refractivity contribution in [3.63, 3.8) is 0 Å². The van der Waals surface area contributed by atoms with Crippen LogP contribution >= 0.6 is 0 Å². The summed E-state index contributed by atoms with van der Waals surface area (Å²) in [6.45, 7) is 5.87. The highest BCUT2D eigenvalue weighted by atomic mass is 16.5. The fraction of sp³-hybridized carbons (Fsp3) is 0.276. The third-order valence-electron chi connectivity index (χ3n) is 6.41. The molecule has 0 atom stereocenters. The molecule has 0 spiro atoms. The Morgan fingerprint density at radius 2 is 1.88 bits per heavy atom. The van der Waals surface area contributed by atoms with Crippen LogP contribution in [0.5, 0.6) is 11.5 Å². The first-order valence-electron chi connectivity index (χ1n) is 11.9. The van der Waals surface area contributed by atoms with E-state index in [2.05, 4.69) is 11.8 Å². The Morgan fingerprint density at radius 3 is 2.71 bits per heavy atom. The predicted molar refractivity (Wildman–Crippen MR) is 135 cm³/mol. The molecule has 5 nitrogen and oxygen atoms in total. The lowest BCUT2D eigenvalue weighted by molar-refractivity contribution is 0.288. The van der Waals surface area contributed by atoms with Gasteiger partial charge in [-0.3, -0.25) is 0 Å². The summed E-state index contributed by atoms with van der Waals surface area (Å²) in [7, 11) is 0. The van der Waals surface area contributed by atoms with E-state index >= 15 is 0 Å². The number of anilines is 1. The van der Waals surface area contributed by atoms with Crippen molar-refractivity contribution in [2.24, 2.45) is 0 Å². The van der Waals surface area contributed by atoms with Gasteiger partial charge in [-0.25, -0.2) is 4.79 Å². The van der Waals surface area contributed by atoms with Crippen molar-refractivity contribution in [3.8, 4) is 11.5 Å². The Morgan fingerprint density at radius 1 is 1.03 bits per heavy atom. The van der Waals surface area contributed by atoms with Crippen molar-refractivity contribution in [1.29, 1.82) is 0 Å². The molecule has 5 rings (SSSR count). The summed E-state index contributed by atoms with van der Waals surface area (Å²) in [6, 6.07) is 22.0. The second-order valence-corrected chi connectivity index (χ2v) is 8.75. The second kappa shape index (κ2) is 9.64. The summed E-state index contributed by atoms with van der Waals surface area (Å²) in [5.41, 5.74) is 4.97. The van der Waals surface area contributed by atoms with Gasteiger partial charge in [0.05, 0.1) is 18.7 Å². The van der Waals surface area contributed by atoms with Gasteiger partial charge in [0, 0.05) is 29.1 Å². The van der Waals surface area contributed by atoms with Gasteiger partial charge < -0.3 is 18.8 Å². The van der Waals surface area contributed by atoms with E-state index in [0.717, 1.165) is 52.1 Å². The molecule has 0 N–H and O–H groups in total. The monoisotopic (exact) mass is 455 g/mol. The molecule has 0 aliphatic carbocycles. The Labute approximate surface area is 199 Å². The van der Waals surface area contributed by atoms with E-state index in [-0.39, 0.29) is 5.63 Å². The van der Waals surface area contributed by atoms with Crippen LogP contribution < -0.4 is 20.0 Å². The van der Waals surface area contributed by atoms with Crippen LogP contribution in [0.1, 0.15) is 42.0 Å². The average Bonchev–Trinajstić information content (AvgIpc) is 2.87. The third kappa shape index (κ3) is 4.38. The summed E-state index contributed by atoms with van der Waals surface area (Å²) < 4.78 is 17.9. The molecule has 0 bridgehead atoms. The van der Waals surface area contributed by atoms with Crippen molar-refractivity contribution < 1.29 is 13.9 Å². The lowest BCUT2D eigenvalue weighted by atomic mass is 9.97. The first-order valence-corrected chi connectivity index (χ1v) is 11.9. The SMILES string of the molecule is CCCCOc1cccc(N2COc3ccc4c(C)c(Cc5ccccc5)c(=O)oc4c3C2)c1. The lowest BCUT2D eigenvalue weighted by Gasteiger charge is -2.31. The van der Waals surface area contributed by atoms with Gasteiger partial charge in [-0.1, -0.05) is 49.7 Å². The summed E-state index contributed by atoms with van der Waals surface area (Å²) in [5.74, 6) is 1.61. The average molecular weight is 456 g/mol. The molecule has 0 fully saturated rings. The van der Waals surface area contributed by atoms with Gasteiger partial charge in [0.1, 0.15) is 17.1 Å². The predicted octanol–water partition coefficient (Wildman–Crippen LogP) is 6.23. The largest absolute Gasteiger partial charge is 0.494 e. The van der Waals surface area contributed by atoms with Gasteiger partial charge in [-0.2, -0.15) is 0 Å². The van der Waals surface area contributed by atoms with Crippen LogP contribution in [-0.2, 0) is 13.0 Å². The first-order chi connectivity index (χ1) is 16.6. The topological polar surface area (TPSA) is 51.9 Å². The van der Waals surface area contributed by atoms with Crippen molar-refractivity contribution >= 4 is 16.7 Å². The van der Waals surface area contributed by atoms with E-state index in [1.807, 2.05) is 73.7 Å².